The lowest BCUT2D eigenvalue weighted by Crippen LogP contribution is -2.26. The highest BCUT2D eigenvalue weighted by molar-refractivity contribution is 5.84. The second-order valence-electron chi connectivity index (χ2n) is 2.25. The summed E-state index contributed by atoms with van der Waals surface area (Å²) in [6.45, 7) is 0.389. The Balaban J connectivity index is 4.61. The van der Waals surface area contributed by atoms with Crippen molar-refractivity contribution in [3.63, 3.8) is 0 Å². The highest BCUT2D eigenvalue weighted by Gasteiger charge is 2.34. The topological polar surface area (TPSA) is 37.3 Å². The molecule has 0 fully saturated rings. The fourth-order valence-electron chi connectivity index (χ4n) is 0.373. The van der Waals surface area contributed by atoms with E-state index in [2.05, 4.69) is 0 Å². The van der Waals surface area contributed by atoms with E-state index in [4.69, 9.17) is 5.11 Å². The van der Waals surface area contributed by atoms with Crippen LogP contribution in [0.15, 0.2) is 11.9 Å². The summed E-state index contributed by atoms with van der Waals surface area (Å²) in [4.78, 5) is 9.74. The van der Waals surface area contributed by atoms with Crippen LogP contribution in [-0.2, 0) is 4.79 Å². The lowest BCUT2D eigenvalue weighted by molar-refractivity contribution is -0.134. The Morgan fingerprint density at radius 1 is 1.58 bits per heavy atom. The Morgan fingerprint density at radius 3 is 2.25 bits per heavy atom. The van der Waals surface area contributed by atoms with Crippen molar-refractivity contribution < 1.29 is 27.5 Å². The van der Waals surface area contributed by atoms with Crippen LogP contribution in [0.2, 0.25) is 0 Å². The van der Waals surface area contributed by atoms with Crippen molar-refractivity contribution in [2.24, 2.45) is 0 Å². The van der Waals surface area contributed by atoms with Gasteiger partial charge in [0, 0.05) is 6.08 Å². The molecular formula is C6H6F4O2. The van der Waals surface area contributed by atoms with Gasteiger partial charge in [-0.3, -0.25) is 0 Å². The summed E-state index contributed by atoms with van der Waals surface area (Å²) in [5.41, 5.74) is -3.25. The van der Waals surface area contributed by atoms with Crippen LogP contribution in [0.3, 0.4) is 0 Å². The number of rotatable bonds is 3. The smallest absolute Gasteiger partial charge is 0.364 e. The predicted molar refractivity (Wildman–Crippen MR) is 32.3 cm³/mol. The molecule has 2 nitrogen and oxygen atoms in total. The molecule has 1 unspecified atom stereocenters. The number of aliphatic carboxylic acids is 1. The first-order valence-corrected chi connectivity index (χ1v) is 2.86. The van der Waals surface area contributed by atoms with E-state index < -0.39 is 23.9 Å². The maximum atomic E-state index is 12.5. The molecule has 0 aliphatic heterocycles. The largest absolute Gasteiger partial charge is 0.476 e. The highest BCUT2D eigenvalue weighted by atomic mass is 19.3. The molecule has 0 aliphatic carbocycles. The lowest BCUT2D eigenvalue weighted by atomic mass is 10.1. The molecule has 0 aromatic rings. The number of carboxylic acids is 1. The Hall–Kier alpha value is -1.07. The van der Waals surface area contributed by atoms with Gasteiger partial charge in [-0.05, 0) is 6.92 Å². The second kappa shape index (κ2) is 3.55. The maximum Gasteiger partial charge on any atom is 0.364 e. The van der Waals surface area contributed by atoms with Gasteiger partial charge in [0.2, 0.25) is 5.83 Å². The zero-order valence-electron chi connectivity index (χ0n) is 6.02. The SMILES string of the molecule is CC(F)(C=C(F)C(=O)O)C(F)F. The Bertz CT molecular complexity index is 210. The van der Waals surface area contributed by atoms with Crippen LogP contribution in [0.5, 0.6) is 0 Å². The minimum atomic E-state index is -3.46. The van der Waals surface area contributed by atoms with Gasteiger partial charge in [-0.25, -0.2) is 18.0 Å². The van der Waals surface area contributed by atoms with E-state index in [0.29, 0.717) is 6.92 Å². The van der Waals surface area contributed by atoms with Gasteiger partial charge in [-0.2, -0.15) is 4.39 Å². The van der Waals surface area contributed by atoms with Gasteiger partial charge in [-0.15, -0.1) is 0 Å². The third kappa shape index (κ3) is 2.89. The van der Waals surface area contributed by atoms with Crippen molar-refractivity contribution in [1.29, 1.82) is 0 Å². The molecule has 12 heavy (non-hydrogen) atoms. The maximum absolute atomic E-state index is 12.5. The van der Waals surface area contributed by atoms with E-state index in [9.17, 15) is 22.4 Å². The number of allylic oxidation sites excluding steroid dienone is 1. The van der Waals surface area contributed by atoms with E-state index in [0.717, 1.165) is 0 Å². The third-order valence-electron chi connectivity index (χ3n) is 1.04. The second-order valence-corrected chi connectivity index (χ2v) is 2.25. The van der Waals surface area contributed by atoms with E-state index in [1.807, 2.05) is 0 Å². The zero-order valence-corrected chi connectivity index (χ0v) is 6.02. The van der Waals surface area contributed by atoms with Crippen LogP contribution in [0.4, 0.5) is 17.6 Å². The van der Waals surface area contributed by atoms with Crippen molar-refractivity contribution in [3.8, 4) is 0 Å². The van der Waals surface area contributed by atoms with Crippen LogP contribution in [0.25, 0.3) is 0 Å². The molecule has 1 N–H and O–H groups in total. The lowest BCUT2D eigenvalue weighted by Gasteiger charge is -2.13. The predicted octanol–water partition coefficient (Wildman–Crippen LogP) is 1.92. The molecule has 0 amide bonds. The molecule has 0 heterocycles. The van der Waals surface area contributed by atoms with Crippen molar-refractivity contribution in [3.05, 3.63) is 11.9 Å². The summed E-state index contributed by atoms with van der Waals surface area (Å²) in [5, 5.41) is 7.87. The normalized spacial score (nSPS) is 17.7. The molecule has 0 saturated heterocycles. The molecule has 0 aliphatic rings. The number of halogens is 4. The van der Waals surface area contributed by atoms with Crippen molar-refractivity contribution in [2.75, 3.05) is 0 Å². The zero-order chi connectivity index (χ0) is 9.94. The fourth-order valence-corrected chi connectivity index (χ4v) is 0.373. The molecule has 0 radical (unpaired) electrons. The summed E-state index contributed by atoms with van der Waals surface area (Å²) < 4.78 is 47.9. The average Bonchev–Trinajstić information content (AvgIpc) is 1.85. The van der Waals surface area contributed by atoms with Gasteiger partial charge in [-0.1, -0.05) is 0 Å². The standard InChI is InChI=1S/C6H6F4O2/c1-6(10,5(8)9)2-3(7)4(11)12/h2,5H,1H3,(H,11,12). The highest BCUT2D eigenvalue weighted by Crippen LogP contribution is 2.23. The third-order valence-corrected chi connectivity index (χ3v) is 1.04. The minimum absolute atomic E-state index is 0.264. The quantitative estimate of drug-likeness (QED) is 0.540. The van der Waals surface area contributed by atoms with Gasteiger partial charge in [0.25, 0.3) is 6.43 Å². The van der Waals surface area contributed by atoms with Gasteiger partial charge < -0.3 is 5.11 Å². The fraction of sp³-hybridized carbons (Fsp3) is 0.500. The molecule has 0 aromatic heterocycles. The summed E-state index contributed by atoms with van der Waals surface area (Å²) in [6, 6.07) is 0. The van der Waals surface area contributed by atoms with Crippen LogP contribution >= 0.6 is 0 Å². The first-order chi connectivity index (χ1) is 5.27. The summed E-state index contributed by atoms with van der Waals surface area (Å²) in [5.74, 6) is -4.00. The van der Waals surface area contributed by atoms with E-state index in [-0.39, 0.29) is 6.08 Å². The Labute approximate surface area is 65.5 Å². The summed E-state index contributed by atoms with van der Waals surface area (Å²) in [7, 11) is 0. The van der Waals surface area contributed by atoms with Crippen LogP contribution in [0.1, 0.15) is 6.92 Å². The van der Waals surface area contributed by atoms with Crippen LogP contribution in [-0.4, -0.2) is 23.2 Å². The number of alkyl halides is 3. The van der Waals surface area contributed by atoms with Gasteiger partial charge in [0.15, 0.2) is 5.67 Å². The molecule has 0 spiro atoms. The summed E-state index contributed by atoms with van der Waals surface area (Å²) >= 11 is 0. The Morgan fingerprint density at radius 2 is 2.00 bits per heavy atom. The van der Waals surface area contributed by atoms with E-state index in [1.54, 1.807) is 0 Å². The van der Waals surface area contributed by atoms with Crippen LogP contribution in [0, 0.1) is 0 Å². The van der Waals surface area contributed by atoms with Crippen molar-refractivity contribution in [1.82, 2.24) is 0 Å². The van der Waals surface area contributed by atoms with E-state index in [1.165, 1.54) is 0 Å². The van der Waals surface area contributed by atoms with E-state index >= 15 is 0 Å². The van der Waals surface area contributed by atoms with Crippen molar-refractivity contribution >= 4 is 5.97 Å². The molecule has 6 heteroatoms. The number of carboxylic acid groups (broad SMARTS) is 1. The molecule has 70 valence electrons. The molecule has 0 bridgehead atoms. The molecule has 0 saturated carbocycles. The minimum Gasteiger partial charge on any atom is -0.476 e. The molecular weight excluding hydrogens is 180 g/mol. The molecule has 0 aromatic carbocycles. The molecule has 0 rings (SSSR count). The summed E-state index contributed by atoms with van der Waals surface area (Å²) in [6.07, 6.45) is -3.72. The van der Waals surface area contributed by atoms with Gasteiger partial charge in [0.1, 0.15) is 0 Å². The van der Waals surface area contributed by atoms with Gasteiger partial charge >= 0.3 is 5.97 Å². The number of hydrogen-bond donors (Lipinski definition) is 1. The molecule has 1 atom stereocenters. The Kier molecular flexibility index (Phi) is 3.24. The first kappa shape index (κ1) is 10.9. The monoisotopic (exact) mass is 186 g/mol. The number of carbonyl (C=O) groups is 1. The first-order valence-electron chi connectivity index (χ1n) is 2.86. The van der Waals surface area contributed by atoms with Crippen molar-refractivity contribution in [2.45, 2.75) is 19.0 Å². The van der Waals surface area contributed by atoms with Crippen LogP contribution < -0.4 is 0 Å². The average molecular weight is 186 g/mol. The van der Waals surface area contributed by atoms with Gasteiger partial charge in [0.05, 0.1) is 0 Å². The number of hydrogen-bond acceptors (Lipinski definition) is 1.